The molecule has 2 aromatic carbocycles. The molecule has 1 amide bonds. The second-order valence-electron chi connectivity index (χ2n) is 7.52. The molecule has 2 heterocycles. The fraction of sp³-hybridized carbons (Fsp3) is 0.208. The predicted molar refractivity (Wildman–Crippen MR) is 119 cm³/mol. The van der Waals surface area contributed by atoms with Crippen LogP contribution in [0.3, 0.4) is 0 Å². The number of carbonyl (C=O) groups is 1. The molecule has 0 radical (unpaired) electrons. The number of ether oxygens (including phenoxy) is 2. The average Bonchev–Trinajstić information content (AvgIpc) is 3.13. The standard InChI is InChI=1S/C24H23N3O5/c1-15-4-7-19(8-5-15)30-14-23(28)26-20-10-16(2)6-9-21(20)31-13-18-12-24(29)27-22(25-18)11-17(3)32-27/h4-12H,13-14H2,1-3H3,(H,26,28). The molecule has 0 bridgehead atoms. The molecule has 0 atom stereocenters. The lowest BCUT2D eigenvalue weighted by atomic mass is 10.2. The highest BCUT2D eigenvalue weighted by Crippen LogP contribution is 2.26. The Labute approximate surface area is 184 Å². The first-order valence-electron chi connectivity index (χ1n) is 10.1. The molecule has 0 spiro atoms. The van der Waals surface area contributed by atoms with E-state index in [0.29, 0.717) is 34.3 Å². The van der Waals surface area contributed by atoms with Crippen LogP contribution in [0.2, 0.25) is 0 Å². The van der Waals surface area contributed by atoms with E-state index in [4.69, 9.17) is 14.0 Å². The Morgan fingerprint density at radius 2 is 1.75 bits per heavy atom. The molecule has 1 N–H and O–H groups in total. The Balaban J connectivity index is 1.44. The quantitative estimate of drug-likeness (QED) is 0.476. The van der Waals surface area contributed by atoms with Crippen molar-refractivity contribution in [2.24, 2.45) is 0 Å². The Morgan fingerprint density at radius 3 is 2.53 bits per heavy atom. The summed E-state index contributed by atoms with van der Waals surface area (Å²) in [5, 5.41) is 2.82. The number of aromatic nitrogens is 2. The van der Waals surface area contributed by atoms with Crippen LogP contribution >= 0.6 is 0 Å². The smallest absolute Gasteiger partial charge is 0.287 e. The van der Waals surface area contributed by atoms with Crippen LogP contribution in [0.25, 0.3) is 5.65 Å². The van der Waals surface area contributed by atoms with Crippen molar-refractivity contribution < 1.29 is 18.8 Å². The van der Waals surface area contributed by atoms with Crippen molar-refractivity contribution in [1.29, 1.82) is 0 Å². The Kier molecular flexibility index (Phi) is 5.93. The molecule has 0 unspecified atom stereocenters. The van der Waals surface area contributed by atoms with E-state index < -0.39 is 0 Å². The molecule has 0 saturated heterocycles. The van der Waals surface area contributed by atoms with Gasteiger partial charge in [-0.3, -0.25) is 9.59 Å². The minimum Gasteiger partial charge on any atom is -0.485 e. The molecule has 4 aromatic rings. The largest absolute Gasteiger partial charge is 0.485 e. The summed E-state index contributed by atoms with van der Waals surface area (Å²) >= 11 is 0. The summed E-state index contributed by atoms with van der Waals surface area (Å²) in [5.74, 6) is 1.36. The molecule has 32 heavy (non-hydrogen) atoms. The van der Waals surface area contributed by atoms with E-state index in [0.717, 1.165) is 15.7 Å². The van der Waals surface area contributed by atoms with Gasteiger partial charge in [0.1, 0.15) is 23.9 Å². The van der Waals surface area contributed by atoms with Gasteiger partial charge in [-0.2, -0.15) is 0 Å². The molecule has 0 aliphatic heterocycles. The molecule has 2 aromatic heterocycles. The Morgan fingerprint density at radius 1 is 1.00 bits per heavy atom. The van der Waals surface area contributed by atoms with E-state index >= 15 is 0 Å². The maximum absolute atomic E-state index is 12.4. The van der Waals surface area contributed by atoms with E-state index in [-0.39, 0.29) is 24.7 Å². The summed E-state index contributed by atoms with van der Waals surface area (Å²) in [6.45, 7) is 5.57. The van der Waals surface area contributed by atoms with E-state index in [1.807, 2.05) is 50.2 Å². The normalized spacial score (nSPS) is 10.8. The molecule has 8 heteroatoms. The predicted octanol–water partition coefficient (Wildman–Crippen LogP) is 3.81. The maximum Gasteiger partial charge on any atom is 0.287 e. The number of aryl methyl sites for hydroxylation is 3. The van der Waals surface area contributed by atoms with Crippen molar-refractivity contribution >= 4 is 17.2 Å². The lowest BCUT2D eigenvalue weighted by molar-refractivity contribution is -0.118. The van der Waals surface area contributed by atoms with Gasteiger partial charge in [-0.15, -0.1) is 4.57 Å². The van der Waals surface area contributed by atoms with Crippen molar-refractivity contribution in [3.63, 3.8) is 0 Å². The summed E-state index contributed by atoms with van der Waals surface area (Å²) in [6.07, 6.45) is 0. The average molecular weight is 433 g/mol. The van der Waals surface area contributed by atoms with Crippen molar-refractivity contribution in [2.75, 3.05) is 11.9 Å². The molecule has 0 saturated carbocycles. The maximum atomic E-state index is 12.4. The minimum atomic E-state index is -0.326. The van der Waals surface area contributed by atoms with Crippen LogP contribution in [-0.2, 0) is 11.4 Å². The monoisotopic (exact) mass is 433 g/mol. The van der Waals surface area contributed by atoms with E-state index in [1.165, 1.54) is 6.07 Å². The summed E-state index contributed by atoms with van der Waals surface area (Å²) in [7, 11) is 0. The minimum absolute atomic E-state index is 0.0573. The van der Waals surface area contributed by atoms with Gasteiger partial charge in [0.05, 0.1) is 11.4 Å². The molecule has 0 aliphatic rings. The van der Waals surface area contributed by atoms with Gasteiger partial charge in [0.25, 0.3) is 11.5 Å². The highest BCUT2D eigenvalue weighted by Gasteiger charge is 2.12. The molecular formula is C24H23N3O5. The number of hydrogen-bond donors (Lipinski definition) is 1. The fourth-order valence-electron chi connectivity index (χ4n) is 3.14. The van der Waals surface area contributed by atoms with Crippen molar-refractivity contribution in [3.8, 4) is 11.5 Å². The summed E-state index contributed by atoms with van der Waals surface area (Å²) in [5.41, 5.74) is 3.13. The van der Waals surface area contributed by atoms with E-state index in [9.17, 15) is 9.59 Å². The number of fused-ring (bicyclic) bond motifs is 1. The van der Waals surface area contributed by atoms with Crippen LogP contribution in [-0.4, -0.2) is 22.1 Å². The van der Waals surface area contributed by atoms with Gasteiger partial charge >= 0.3 is 0 Å². The topological polar surface area (TPSA) is 95.1 Å². The van der Waals surface area contributed by atoms with Crippen LogP contribution in [0.1, 0.15) is 22.6 Å². The van der Waals surface area contributed by atoms with Crippen LogP contribution in [0.5, 0.6) is 11.5 Å². The van der Waals surface area contributed by atoms with Crippen molar-refractivity contribution in [1.82, 2.24) is 9.56 Å². The lowest BCUT2D eigenvalue weighted by Gasteiger charge is -2.14. The molecular weight excluding hydrogens is 410 g/mol. The van der Waals surface area contributed by atoms with Crippen LogP contribution < -0.4 is 20.3 Å². The zero-order chi connectivity index (χ0) is 22.7. The number of nitrogens with one attached hydrogen (secondary N) is 1. The first-order valence-corrected chi connectivity index (χ1v) is 10.1. The summed E-state index contributed by atoms with van der Waals surface area (Å²) in [6, 6.07) is 16.0. The highest BCUT2D eigenvalue weighted by atomic mass is 16.5. The molecule has 4 rings (SSSR count). The lowest BCUT2D eigenvalue weighted by Crippen LogP contribution is -2.20. The third-order valence-corrected chi connectivity index (χ3v) is 4.70. The highest BCUT2D eigenvalue weighted by molar-refractivity contribution is 5.93. The third-order valence-electron chi connectivity index (χ3n) is 4.70. The first kappa shape index (κ1) is 21.2. The number of carbonyl (C=O) groups excluding carboxylic acids is 1. The number of rotatable bonds is 7. The van der Waals surface area contributed by atoms with Crippen molar-refractivity contribution in [2.45, 2.75) is 27.4 Å². The Hall–Kier alpha value is -4.07. The third kappa shape index (κ3) is 4.97. The zero-order valence-electron chi connectivity index (χ0n) is 18.0. The van der Waals surface area contributed by atoms with Crippen LogP contribution in [0, 0.1) is 20.8 Å². The van der Waals surface area contributed by atoms with Gasteiger partial charge in [-0.05, 0) is 50.6 Å². The SMILES string of the molecule is Cc1ccc(OCC(=O)Nc2cc(C)ccc2OCc2cc(=O)n3oc(C)cc3n2)cc1. The summed E-state index contributed by atoms with van der Waals surface area (Å²) < 4.78 is 17.8. The number of nitrogens with zero attached hydrogens (tertiary/aromatic N) is 2. The number of amides is 1. The van der Waals surface area contributed by atoms with Gasteiger partial charge < -0.3 is 19.3 Å². The van der Waals surface area contributed by atoms with E-state index in [1.54, 1.807) is 19.1 Å². The van der Waals surface area contributed by atoms with Crippen molar-refractivity contribution in [3.05, 3.63) is 87.5 Å². The molecule has 0 aliphatic carbocycles. The number of anilines is 1. The number of hydrogen-bond acceptors (Lipinski definition) is 6. The molecule has 164 valence electrons. The van der Waals surface area contributed by atoms with Gasteiger partial charge in [0.2, 0.25) is 0 Å². The number of benzene rings is 2. The van der Waals surface area contributed by atoms with Gasteiger partial charge in [0.15, 0.2) is 12.3 Å². The summed E-state index contributed by atoms with van der Waals surface area (Å²) in [4.78, 5) is 29.0. The first-order chi connectivity index (χ1) is 15.4. The van der Waals surface area contributed by atoms with Gasteiger partial charge in [0, 0.05) is 12.1 Å². The van der Waals surface area contributed by atoms with Gasteiger partial charge in [-0.25, -0.2) is 4.98 Å². The van der Waals surface area contributed by atoms with Crippen LogP contribution in [0.4, 0.5) is 5.69 Å². The van der Waals surface area contributed by atoms with Gasteiger partial charge in [-0.1, -0.05) is 23.8 Å². The second-order valence-corrected chi connectivity index (χ2v) is 7.52. The second kappa shape index (κ2) is 8.97. The zero-order valence-corrected chi connectivity index (χ0v) is 18.0. The van der Waals surface area contributed by atoms with E-state index in [2.05, 4.69) is 10.3 Å². The molecule has 8 nitrogen and oxygen atoms in total. The molecule has 0 fully saturated rings. The fourth-order valence-corrected chi connectivity index (χ4v) is 3.14. The Bertz CT molecular complexity index is 1320. The van der Waals surface area contributed by atoms with Crippen LogP contribution in [0.15, 0.2) is 63.9 Å².